The van der Waals surface area contributed by atoms with Gasteiger partial charge >= 0.3 is 13.5 Å². The van der Waals surface area contributed by atoms with Crippen molar-refractivity contribution in [3.8, 4) is 5.75 Å². The number of carboxylic acid groups (broad SMARTS) is 1. The second kappa shape index (κ2) is 3.27. The molecule has 62 valence electrons. The van der Waals surface area contributed by atoms with Crippen LogP contribution in [0, 0.1) is 0 Å². The zero-order chi connectivity index (χ0) is 9.14. The van der Waals surface area contributed by atoms with Gasteiger partial charge in [-0.15, -0.1) is 0 Å². The van der Waals surface area contributed by atoms with Crippen molar-refractivity contribution in [3.63, 3.8) is 0 Å². The van der Waals surface area contributed by atoms with E-state index in [0.29, 0.717) is 0 Å². The molecule has 1 rings (SSSR count). The van der Waals surface area contributed by atoms with Gasteiger partial charge in [0.2, 0.25) is 0 Å². The first-order valence-electron chi connectivity index (χ1n) is 3.32. The molecule has 12 heavy (non-hydrogen) atoms. The number of phenols is 1. The van der Waals surface area contributed by atoms with E-state index in [1.807, 2.05) is 0 Å². The molecule has 4 nitrogen and oxygen atoms in total. The molecule has 0 heterocycles. The third-order valence-electron chi connectivity index (χ3n) is 1.51. The minimum atomic E-state index is -1.24. The highest BCUT2D eigenvalue weighted by Gasteiger charge is 2.14. The quantitative estimate of drug-likeness (QED) is 0.495. The third-order valence-corrected chi connectivity index (χ3v) is 1.51. The Bertz CT molecular complexity index is 310. The van der Waals surface area contributed by atoms with Gasteiger partial charge in [0.25, 0.3) is 0 Å². The van der Waals surface area contributed by atoms with Crippen molar-refractivity contribution in [2.45, 2.75) is 0 Å². The standard InChI is InChI=1S/C7H7BO4/c9-5-3-1-2-4(8-12)6(5)7(10)11/h1-3,8-9,12H,(H,10,11). The Morgan fingerprint density at radius 3 is 2.50 bits per heavy atom. The molecular formula is C7H7BO4. The maximum absolute atomic E-state index is 10.5. The molecule has 0 radical (unpaired) electrons. The van der Waals surface area contributed by atoms with Crippen LogP contribution < -0.4 is 5.46 Å². The number of aromatic hydroxyl groups is 1. The van der Waals surface area contributed by atoms with Gasteiger partial charge in [-0.05, 0) is 11.5 Å². The molecule has 0 aliphatic rings. The molecule has 0 spiro atoms. The monoisotopic (exact) mass is 166 g/mol. The summed E-state index contributed by atoms with van der Waals surface area (Å²) < 4.78 is 0. The molecule has 0 aliphatic heterocycles. The van der Waals surface area contributed by atoms with Gasteiger partial charge in [0.05, 0.1) is 5.56 Å². The lowest BCUT2D eigenvalue weighted by molar-refractivity contribution is 0.0695. The topological polar surface area (TPSA) is 77.8 Å². The van der Waals surface area contributed by atoms with E-state index < -0.39 is 13.5 Å². The minimum Gasteiger partial charge on any atom is -0.507 e. The molecule has 0 fully saturated rings. The highest BCUT2D eigenvalue weighted by Crippen LogP contribution is 2.12. The van der Waals surface area contributed by atoms with Crippen LogP contribution in [0.3, 0.4) is 0 Å². The molecule has 1 aromatic rings. The lowest BCUT2D eigenvalue weighted by atomic mass is 9.84. The Hall–Kier alpha value is -1.49. The SMILES string of the molecule is O=C(O)c1c(O)cccc1BO. The van der Waals surface area contributed by atoms with Crippen LogP contribution in [0.25, 0.3) is 0 Å². The molecule has 0 aromatic heterocycles. The van der Waals surface area contributed by atoms with E-state index in [0.717, 1.165) is 0 Å². The summed E-state index contributed by atoms with van der Waals surface area (Å²) in [6.07, 6.45) is 0. The maximum atomic E-state index is 10.5. The molecule has 0 aliphatic carbocycles. The molecular weight excluding hydrogens is 159 g/mol. The number of carboxylic acids is 1. The summed E-state index contributed by atoms with van der Waals surface area (Å²) in [6.45, 7) is 0. The average molecular weight is 166 g/mol. The summed E-state index contributed by atoms with van der Waals surface area (Å²) in [5, 5.41) is 26.4. The Labute approximate surface area is 69.4 Å². The smallest absolute Gasteiger partial charge is 0.339 e. The maximum Gasteiger partial charge on any atom is 0.339 e. The Morgan fingerprint density at radius 1 is 1.42 bits per heavy atom. The third kappa shape index (κ3) is 1.40. The number of rotatable bonds is 2. The molecule has 0 saturated heterocycles. The van der Waals surface area contributed by atoms with Gasteiger partial charge in [0.1, 0.15) is 5.75 Å². The normalized spacial score (nSPS) is 9.42. The first kappa shape index (κ1) is 8.61. The van der Waals surface area contributed by atoms with E-state index in [4.69, 9.17) is 15.2 Å². The van der Waals surface area contributed by atoms with Crippen molar-refractivity contribution in [1.29, 1.82) is 0 Å². The average Bonchev–Trinajstić information content (AvgIpc) is 2.03. The summed E-state index contributed by atoms with van der Waals surface area (Å²) in [5.74, 6) is -1.56. The van der Waals surface area contributed by atoms with E-state index in [-0.39, 0.29) is 16.8 Å². The summed E-state index contributed by atoms with van der Waals surface area (Å²) in [5.41, 5.74) is -0.0255. The highest BCUT2D eigenvalue weighted by molar-refractivity contribution is 6.48. The van der Waals surface area contributed by atoms with Gasteiger partial charge in [-0.3, -0.25) is 0 Å². The number of hydrogen-bond donors (Lipinski definition) is 3. The molecule has 0 bridgehead atoms. The number of hydrogen-bond acceptors (Lipinski definition) is 3. The van der Waals surface area contributed by atoms with Crippen molar-refractivity contribution in [1.82, 2.24) is 0 Å². The molecule has 0 saturated carbocycles. The first-order valence-corrected chi connectivity index (χ1v) is 3.32. The van der Waals surface area contributed by atoms with E-state index in [1.165, 1.54) is 18.2 Å². The van der Waals surface area contributed by atoms with Gasteiger partial charge in [-0.2, -0.15) is 0 Å². The molecule has 3 N–H and O–H groups in total. The summed E-state index contributed by atoms with van der Waals surface area (Å²) in [7, 11) is -0.393. The van der Waals surface area contributed by atoms with Crippen LogP contribution in [0.1, 0.15) is 10.4 Å². The zero-order valence-corrected chi connectivity index (χ0v) is 6.19. The molecule has 0 amide bonds. The number of benzene rings is 1. The summed E-state index contributed by atoms with van der Waals surface area (Å²) >= 11 is 0. The van der Waals surface area contributed by atoms with Crippen molar-refractivity contribution in [2.75, 3.05) is 0 Å². The van der Waals surface area contributed by atoms with Crippen LogP contribution in [0.4, 0.5) is 0 Å². The van der Waals surface area contributed by atoms with Crippen LogP contribution in [-0.4, -0.2) is 28.7 Å². The lowest BCUT2D eigenvalue weighted by Gasteiger charge is -2.02. The Balaban J connectivity index is 3.29. The van der Waals surface area contributed by atoms with Crippen molar-refractivity contribution < 1.29 is 20.0 Å². The Kier molecular flexibility index (Phi) is 2.35. The number of carbonyl (C=O) groups is 1. The fourth-order valence-corrected chi connectivity index (χ4v) is 0.965. The largest absolute Gasteiger partial charge is 0.507 e. The summed E-state index contributed by atoms with van der Waals surface area (Å²) in [4.78, 5) is 10.5. The molecule has 0 unspecified atom stereocenters. The fourth-order valence-electron chi connectivity index (χ4n) is 0.965. The van der Waals surface area contributed by atoms with E-state index in [2.05, 4.69) is 0 Å². The van der Waals surface area contributed by atoms with E-state index in [9.17, 15) is 4.79 Å². The summed E-state index contributed by atoms with van der Waals surface area (Å²) in [6, 6.07) is 4.19. The predicted molar refractivity (Wildman–Crippen MR) is 44.1 cm³/mol. The van der Waals surface area contributed by atoms with Crippen molar-refractivity contribution >= 4 is 18.9 Å². The van der Waals surface area contributed by atoms with Gasteiger partial charge in [-0.25, -0.2) is 4.79 Å². The van der Waals surface area contributed by atoms with Gasteiger partial charge in [0, 0.05) is 0 Å². The van der Waals surface area contributed by atoms with Crippen LogP contribution in [0.5, 0.6) is 5.75 Å². The van der Waals surface area contributed by atoms with Crippen LogP contribution in [-0.2, 0) is 0 Å². The van der Waals surface area contributed by atoms with Gasteiger partial charge in [-0.1, -0.05) is 12.1 Å². The molecule has 5 heteroatoms. The Morgan fingerprint density at radius 2 is 2.08 bits per heavy atom. The van der Waals surface area contributed by atoms with Gasteiger partial charge in [0.15, 0.2) is 0 Å². The molecule has 0 atom stereocenters. The second-order valence-electron chi connectivity index (χ2n) is 2.27. The first-order chi connectivity index (χ1) is 5.66. The van der Waals surface area contributed by atoms with Crippen LogP contribution in [0.15, 0.2) is 18.2 Å². The van der Waals surface area contributed by atoms with E-state index >= 15 is 0 Å². The number of aromatic carboxylic acids is 1. The van der Waals surface area contributed by atoms with E-state index in [1.54, 1.807) is 0 Å². The zero-order valence-electron chi connectivity index (χ0n) is 6.19. The fraction of sp³-hybridized carbons (Fsp3) is 0. The van der Waals surface area contributed by atoms with Crippen molar-refractivity contribution in [3.05, 3.63) is 23.8 Å². The van der Waals surface area contributed by atoms with Crippen LogP contribution in [0.2, 0.25) is 0 Å². The molecule has 1 aromatic carbocycles. The predicted octanol–water partition coefficient (Wildman–Crippen LogP) is -0.941. The lowest BCUT2D eigenvalue weighted by Crippen LogP contribution is -2.22. The van der Waals surface area contributed by atoms with Crippen molar-refractivity contribution in [2.24, 2.45) is 0 Å². The second-order valence-corrected chi connectivity index (χ2v) is 2.27. The van der Waals surface area contributed by atoms with Gasteiger partial charge < -0.3 is 15.2 Å². The minimum absolute atomic E-state index is 0.211. The van der Waals surface area contributed by atoms with Crippen LogP contribution >= 0.6 is 0 Å². The highest BCUT2D eigenvalue weighted by atomic mass is 16.4.